The maximum atomic E-state index is 12.2. The molecule has 34 heavy (non-hydrogen) atoms. The van der Waals surface area contributed by atoms with Gasteiger partial charge in [-0.15, -0.1) is 13.2 Å². The van der Waals surface area contributed by atoms with Crippen molar-refractivity contribution in [3.8, 4) is 11.5 Å². The number of rotatable bonds is 7. The molecule has 1 aliphatic carbocycles. The van der Waals surface area contributed by atoms with E-state index in [0.29, 0.717) is 36.5 Å². The summed E-state index contributed by atoms with van der Waals surface area (Å²) in [7, 11) is 1.83. The Morgan fingerprint density at radius 3 is 2.41 bits per heavy atom. The number of alkyl halides is 3. The van der Waals surface area contributed by atoms with Gasteiger partial charge in [0.25, 0.3) is 0 Å². The molecule has 1 aromatic heterocycles. The molecule has 188 valence electrons. The molecule has 8 nitrogen and oxygen atoms in total. The number of nitrogens with one attached hydrogen (secondary N) is 1. The molecule has 0 saturated heterocycles. The molecule has 0 unspecified atom stereocenters. The van der Waals surface area contributed by atoms with E-state index in [0.717, 1.165) is 18.7 Å². The van der Waals surface area contributed by atoms with Crippen molar-refractivity contribution in [2.45, 2.75) is 47.0 Å². The van der Waals surface area contributed by atoms with Gasteiger partial charge in [0, 0.05) is 19.6 Å². The quantitative estimate of drug-likeness (QED) is 0.610. The van der Waals surface area contributed by atoms with Crippen LogP contribution in [0.1, 0.15) is 34.6 Å². The van der Waals surface area contributed by atoms with E-state index >= 15 is 0 Å². The van der Waals surface area contributed by atoms with Crippen molar-refractivity contribution >= 4 is 23.4 Å². The molecule has 2 heterocycles. The van der Waals surface area contributed by atoms with Gasteiger partial charge in [0.2, 0.25) is 11.9 Å². The third-order valence-electron chi connectivity index (χ3n) is 5.50. The minimum absolute atomic E-state index is 0. The van der Waals surface area contributed by atoms with Crippen LogP contribution in [0.4, 0.5) is 30.6 Å². The van der Waals surface area contributed by atoms with Crippen molar-refractivity contribution in [1.29, 1.82) is 0 Å². The molecule has 1 aliphatic heterocycles. The number of halogens is 3. The van der Waals surface area contributed by atoms with E-state index in [1.807, 2.05) is 18.9 Å². The van der Waals surface area contributed by atoms with Gasteiger partial charge in [-0.1, -0.05) is 14.9 Å². The largest absolute Gasteiger partial charge is 0.573 e. The van der Waals surface area contributed by atoms with Crippen molar-refractivity contribution in [3.63, 3.8) is 0 Å². The highest BCUT2D eigenvalue weighted by molar-refractivity contribution is 6.02. The first-order chi connectivity index (χ1) is 15.2. The molecule has 1 saturated carbocycles. The van der Waals surface area contributed by atoms with E-state index in [1.165, 1.54) is 24.3 Å². The molecule has 1 amide bonds. The summed E-state index contributed by atoms with van der Waals surface area (Å²) in [4.78, 5) is 24.6. The molecule has 2 aliphatic rings. The third-order valence-corrected chi connectivity index (χ3v) is 5.50. The van der Waals surface area contributed by atoms with Gasteiger partial charge in [-0.25, -0.2) is 4.98 Å². The number of hydrogen-bond acceptors (Lipinski definition) is 7. The maximum Gasteiger partial charge on any atom is 0.573 e. The highest BCUT2D eigenvalue weighted by Crippen LogP contribution is 2.34. The molecule has 4 rings (SSSR count). The van der Waals surface area contributed by atoms with Gasteiger partial charge < -0.3 is 24.6 Å². The topological polar surface area (TPSA) is 79.8 Å². The van der Waals surface area contributed by atoms with E-state index in [1.54, 1.807) is 11.1 Å². The van der Waals surface area contributed by atoms with E-state index in [2.05, 4.69) is 20.0 Å². The summed E-state index contributed by atoms with van der Waals surface area (Å²) in [6.07, 6.45) is -1.30. The Hall–Kier alpha value is -3.24. The number of anilines is 3. The summed E-state index contributed by atoms with van der Waals surface area (Å²) in [5.41, 5.74) is 0.711. The van der Waals surface area contributed by atoms with Gasteiger partial charge in [-0.3, -0.25) is 4.79 Å². The van der Waals surface area contributed by atoms with Crippen molar-refractivity contribution in [2.24, 2.45) is 5.92 Å². The number of carbonyl (C=O) groups is 1. The van der Waals surface area contributed by atoms with Gasteiger partial charge in [0.1, 0.15) is 17.2 Å². The fourth-order valence-corrected chi connectivity index (χ4v) is 3.88. The number of fused-ring (bicyclic) bond motifs is 1. The predicted molar refractivity (Wildman–Crippen MR) is 126 cm³/mol. The van der Waals surface area contributed by atoms with Crippen molar-refractivity contribution in [2.75, 3.05) is 41.9 Å². The maximum absolute atomic E-state index is 12.2. The van der Waals surface area contributed by atoms with Crippen molar-refractivity contribution < 1.29 is 27.4 Å². The monoisotopic (exact) mass is 483 g/mol. The molecular weight excluding hydrogens is 451 g/mol. The average molecular weight is 484 g/mol. The fourth-order valence-electron chi connectivity index (χ4n) is 3.88. The van der Waals surface area contributed by atoms with Gasteiger partial charge in [0.05, 0.1) is 19.3 Å². The molecule has 1 N–H and O–H groups in total. The van der Waals surface area contributed by atoms with Crippen LogP contribution in [0.5, 0.6) is 11.5 Å². The molecular formula is C23H32F3N5O3. The zero-order valence-electron chi connectivity index (χ0n) is 17.7. The van der Waals surface area contributed by atoms with E-state index < -0.39 is 6.36 Å². The minimum atomic E-state index is -4.71. The van der Waals surface area contributed by atoms with Crippen LogP contribution < -0.4 is 24.6 Å². The second kappa shape index (κ2) is 10.8. The van der Waals surface area contributed by atoms with Crippen LogP contribution in [0.25, 0.3) is 0 Å². The highest BCUT2D eigenvalue weighted by Gasteiger charge is 2.33. The van der Waals surface area contributed by atoms with Crippen LogP contribution in [0.15, 0.2) is 30.5 Å². The molecule has 0 bridgehead atoms. The van der Waals surface area contributed by atoms with Crippen LogP contribution in [0.3, 0.4) is 0 Å². The van der Waals surface area contributed by atoms with Crippen molar-refractivity contribution in [1.82, 2.24) is 9.97 Å². The van der Waals surface area contributed by atoms with Crippen LogP contribution >= 0.6 is 0 Å². The lowest BCUT2D eigenvalue weighted by atomic mass is 9.81. The van der Waals surface area contributed by atoms with Gasteiger partial charge >= 0.3 is 6.36 Å². The highest BCUT2D eigenvalue weighted by atomic mass is 19.4. The van der Waals surface area contributed by atoms with Gasteiger partial charge in [-0.05, 0) is 49.9 Å². The second-order valence-corrected chi connectivity index (χ2v) is 7.91. The third kappa shape index (κ3) is 6.21. The molecule has 1 fully saturated rings. The van der Waals surface area contributed by atoms with Crippen LogP contribution in [0, 0.1) is 5.92 Å². The Kier molecular flexibility index (Phi) is 8.57. The number of likely N-dealkylation sites (N-methyl/N-ethyl adjacent to an activating group) is 2. The molecule has 0 spiro atoms. The van der Waals surface area contributed by atoms with Gasteiger partial charge in [0.15, 0.2) is 5.82 Å². The first-order valence-corrected chi connectivity index (χ1v) is 10.4. The summed E-state index contributed by atoms with van der Waals surface area (Å²) in [6, 6.07) is 5.58. The summed E-state index contributed by atoms with van der Waals surface area (Å²) in [6.45, 7) is 3.24. The van der Waals surface area contributed by atoms with Crippen molar-refractivity contribution in [3.05, 3.63) is 30.5 Å². The Morgan fingerprint density at radius 1 is 1.15 bits per heavy atom. The summed E-state index contributed by atoms with van der Waals surface area (Å²) in [5.74, 6) is 1.81. The minimum Gasteiger partial charge on any atom is -0.493 e. The molecule has 1 aromatic carbocycles. The Morgan fingerprint density at radius 2 is 1.79 bits per heavy atom. The van der Waals surface area contributed by atoms with E-state index in [4.69, 9.17) is 4.74 Å². The zero-order chi connectivity index (χ0) is 22.9. The second-order valence-electron chi connectivity index (χ2n) is 7.91. The number of hydrogen-bond donors (Lipinski definition) is 1. The SMILES string of the molecule is C.C.CCN1C(=O)CN(C)c2nc(NC3CC(COc4ccc(OC(F)(F)F)cc4)C3)ncc21. The Balaban J connectivity index is 0.00000204. The number of aromatic nitrogens is 2. The lowest BCUT2D eigenvalue weighted by Crippen LogP contribution is -2.45. The summed E-state index contributed by atoms with van der Waals surface area (Å²) < 4.78 is 46.1. The lowest BCUT2D eigenvalue weighted by molar-refractivity contribution is -0.274. The first-order valence-electron chi connectivity index (χ1n) is 10.4. The zero-order valence-corrected chi connectivity index (χ0v) is 17.7. The normalized spacial score (nSPS) is 19.3. The van der Waals surface area contributed by atoms with Crippen LogP contribution in [-0.4, -0.2) is 55.0 Å². The smallest absolute Gasteiger partial charge is 0.493 e. The first kappa shape index (κ1) is 27.0. The van der Waals surface area contributed by atoms with E-state index in [-0.39, 0.29) is 39.1 Å². The Bertz CT molecular complexity index is 965. The van der Waals surface area contributed by atoms with E-state index in [9.17, 15) is 18.0 Å². The number of amides is 1. The summed E-state index contributed by atoms with van der Waals surface area (Å²) in [5, 5.41) is 3.32. The number of benzene rings is 1. The standard InChI is InChI=1S/C21H24F3N5O3.2CH4/c1-3-29-17-10-25-20(27-19(17)28(2)11-18(29)30)26-14-8-13(9-14)12-31-15-4-6-16(7-5-15)32-21(22,23)24;;/h4-7,10,13-14H,3,8-9,11-12H2,1-2H3,(H,25,26,27);2*1H4. The molecule has 11 heteroatoms. The molecule has 0 radical (unpaired) electrons. The number of ether oxygens (including phenoxy) is 2. The molecule has 0 atom stereocenters. The van der Waals surface area contributed by atoms with Gasteiger partial charge in [-0.2, -0.15) is 4.98 Å². The average Bonchev–Trinajstić information content (AvgIpc) is 2.70. The fraction of sp³-hybridized carbons (Fsp3) is 0.522. The molecule has 2 aromatic rings. The predicted octanol–water partition coefficient (Wildman–Crippen LogP) is 4.72. The number of carbonyl (C=O) groups excluding carboxylic acids is 1. The lowest BCUT2D eigenvalue weighted by Gasteiger charge is -2.36. The number of nitrogens with zero attached hydrogens (tertiary/aromatic N) is 4. The van der Waals surface area contributed by atoms with Crippen LogP contribution in [0.2, 0.25) is 0 Å². The Labute approximate surface area is 198 Å². The summed E-state index contributed by atoms with van der Waals surface area (Å²) >= 11 is 0. The van der Waals surface area contributed by atoms with Crippen LogP contribution in [-0.2, 0) is 4.79 Å².